The molecule has 0 aliphatic rings. The molecule has 92 valence electrons. The second-order valence-electron chi connectivity index (χ2n) is 3.26. The fourth-order valence-corrected chi connectivity index (χ4v) is 1.16. The van der Waals surface area contributed by atoms with Gasteiger partial charge >= 0.3 is 5.97 Å². The lowest BCUT2D eigenvalue weighted by atomic mass is 10.3. The van der Waals surface area contributed by atoms with Crippen LogP contribution in [-0.2, 0) is 9.59 Å². The molecule has 0 saturated heterocycles. The smallest absolute Gasteiger partial charge is 0.330 e. The predicted molar refractivity (Wildman–Crippen MR) is 61.9 cm³/mol. The van der Waals surface area contributed by atoms with Gasteiger partial charge in [-0.1, -0.05) is 19.1 Å². The molecular formula is C12H15NO4. The van der Waals surface area contributed by atoms with Gasteiger partial charge < -0.3 is 14.8 Å². The average Bonchev–Trinajstić information content (AvgIpc) is 2.36. The van der Waals surface area contributed by atoms with Gasteiger partial charge in [-0.15, -0.1) is 0 Å². The van der Waals surface area contributed by atoms with Crippen LogP contribution >= 0.6 is 0 Å². The van der Waals surface area contributed by atoms with Gasteiger partial charge in [0.2, 0.25) is 5.91 Å². The first-order valence-corrected chi connectivity index (χ1v) is 5.27. The van der Waals surface area contributed by atoms with Crippen molar-refractivity contribution in [3.63, 3.8) is 0 Å². The third kappa shape index (κ3) is 4.14. The van der Waals surface area contributed by atoms with Gasteiger partial charge in [-0.2, -0.15) is 0 Å². The van der Waals surface area contributed by atoms with Crippen molar-refractivity contribution in [3.05, 3.63) is 24.3 Å². The standard InChI is InChI=1S/C12H15NO4/c1-3-11(14)13-8-12(15)17-10-7-5-4-6-9(10)16-2/h4-7H,3,8H2,1-2H3,(H,13,14). The summed E-state index contributed by atoms with van der Waals surface area (Å²) in [5, 5.41) is 2.44. The normalized spacial score (nSPS) is 9.53. The lowest BCUT2D eigenvalue weighted by Crippen LogP contribution is -2.31. The molecule has 0 atom stereocenters. The van der Waals surface area contributed by atoms with Crippen LogP contribution in [-0.4, -0.2) is 25.5 Å². The van der Waals surface area contributed by atoms with E-state index in [1.807, 2.05) is 0 Å². The summed E-state index contributed by atoms with van der Waals surface area (Å²) < 4.78 is 10.1. The molecule has 0 spiro atoms. The second kappa shape index (κ2) is 6.52. The number of hydrogen-bond acceptors (Lipinski definition) is 4. The molecule has 0 aliphatic carbocycles. The molecule has 0 unspecified atom stereocenters. The minimum absolute atomic E-state index is 0.148. The molecule has 0 bridgehead atoms. The van der Waals surface area contributed by atoms with Crippen molar-refractivity contribution in [2.45, 2.75) is 13.3 Å². The second-order valence-corrected chi connectivity index (χ2v) is 3.26. The highest BCUT2D eigenvalue weighted by Gasteiger charge is 2.09. The van der Waals surface area contributed by atoms with E-state index in [0.29, 0.717) is 17.9 Å². The van der Waals surface area contributed by atoms with Crippen LogP contribution in [0.25, 0.3) is 0 Å². The molecule has 0 aromatic heterocycles. The van der Waals surface area contributed by atoms with Gasteiger partial charge in [0.25, 0.3) is 0 Å². The van der Waals surface area contributed by atoms with E-state index in [2.05, 4.69) is 5.32 Å². The van der Waals surface area contributed by atoms with Crippen LogP contribution in [0, 0.1) is 0 Å². The first-order valence-electron chi connectivity index (χ1n) is 5.27. The number of rotatable bonds is 5. The number of carbonyl (C=O) groups excluding carboxylic acids is 2. The lowest BCUT2D eigenvalue weighted by Gasteiger charge is -2.08. The number of amides is 1. The first-order chi connectivity index (χ1) is 8.17. The monoisotopic (exact) mass is 237 g/mol. The zero-order valence-electron chi connectivity index (χ0n) is 9.86. The lowest BCUT2D eigenvalue weighted by molar-refractivity contribution is -0.135. The summed E-state index contributed by atoms with van der Waals surface area (Å²) >= 11 is 0. The molecule has 1 aromatic rings. The van der Waals surface area contributed by atoms with Gasteiger partial charge in [-0.25, -0.2) is 4.79 Å². The summed E-state index contributed by atoms with van der Waals surface area (Å²) in [6.07, 6.45) is 0.335. The van der Waals surface area contributed by atoms with E-state index in [1.54, 1.807) is 31.2 Å². The van der Waals surface area contributed by atoms with Gasteiger partial charge in [0.05, 0.1) is 7.11 Å². The molecule has 5 heteroatoms. The molecule has 0 fully saturated rings. The Balaban J connectivity index is 2.53. The Morgan fingerprint density at radius 3 is 2.47 bits per heavy atom. The molecule has 1 amide bonds. The summed E-state index contributed by atoms with van der Waals surface area (Å²) in [6, 6.07) is 6.82. The van der Waals surface area contributed by atoms with Crippen molar-refractivity contribution >= 4 is 11.9 Å². The molecule has 0 radical (unpaired) electrons. The van der Waals surface area contributed by atoms with Crippen LogP contribution in [0.5, 0.6) is 11.5 Å². The van der Waals surface area contributed by atoms with E-state index < -0.39 is 5.97 Å². The van der Waals surface area contributed by atoms with Crippen LogP contribution < -0.4 is 14.8 Å². The Morgan fingerprint density at radius 2 is 1.88 bits per heavy atom. The molecule has 1 N–H and O–H groups in total. The third-order valence-electron chi connectivity index (χ3n) is 2.04. The summed E-state index contributed by atoms with van der Waals surface area (Å²) in [5.74, 6) is 0.0895. The zero-order chi connectivity index (χ0) is 12.7. The minimum atomic E-state index is -0.531. The topological polar surface area (TPSA) is 64.6 Å². The fraction of sp³-hybridized carbons (Fsp3) is 0.333. The summed E-state index contributed by atoms with van der Waals surface area (Å²) in [4.78, 5) is 22.4. The molecule has 0 saturated carbocycles. The molecule has 0 heterocycles. The highest BCUT2D eigenvalue weighted by atomic mass is 16.6. The number of methoxy groups -OCH3 is 1. The largest absolute Gasteiger partial charge is 0.493 e. The average molecular weight is 237 g/mol. The number of esters is 1. The van der Waals surface area contributed by atoms with E-state index in [1.165, 1.54) is 7.11 Å². The maximum Gasteiger partial charge on any atom is 0.330 e. The quantitative estimate of drug-likeness (QED) is 0.615. The zero-order valence-corrected chi connectivity index (χ0v) is 9.86. The van der Waals surface area contributed by atoms with Crippen molar-refractivity contribution in [1.29, 1.82) is 0 Å². The van der Waals surface area contributed by atoms with E-state index >= 15 is 0 Å². The van der Waals surface area contributed by atoms with Crippen molar-refractivity contribution in [2.24, 2.45) is 0 Å². The van der Waals surface area contributed by atoms with Crippen LogP contribution in [0.15, 0.2) is 24.3 Å². The van der Waals surface area contributed by atoms with Gasteiger partial charge in [-0.3, -0.25) is 4.79 Å². The van der Waals surface area contributed by atoms with Crippen molar-refractivity contribution in [2.75, 3.05) is 13.7 Å². The number of carbonyl (C=O) groups is 2. The molecule has 1 aromatic carbocycles. The predicted octanol–water partition coefficient (Wildman–Crippen LogP) is 1.13. The van der Waals surface area contributed by atoms with E-state index in [-0.39, 0.29) is 12.5 Å². The van der Waals surface area contributed by atoms with Crippen molar-refractivity contribution in [1.82, 2.24) is 5.32 Å². The highest BCUT2D eigenvalue weighted by Crippen LogP contribution is 2.25. The van der Waals surface area contributed by atoms with E-state index in [9.17, 15) is 9.59 Å². The maximum atomic E-state index is 11.4. The Bertz CT molecular complexity index is 403. The summed E-state index contributed by atoms with van der Waals surface area (Å²) in [7, 11) is 1.49. The highest BCUT2D eigenvalue weighted by molar-refractivity contribution is 5.82. The van der Waals surface area contributed by atoms with Crippen LogP contribution in [0.1, 0.15) is 13.3 Å². The van der Waals surface area contributed by atoms with E-state index in [4.69, 9.17) is 9.47 Å². The minimum Gasteiger partial charge on any atom is -0.493 e. The van der Waals surface area contributed by atoms with E-state index in [0.717, 1.165) is 0 Å². The number of ether oxygens (including phenoxy) is 2. The Morgan fingerprint density at radius 1 is 1.24 bits per heavy atom. The fourth-order valence-electron chi connectivity index (χ4n) is 1.16. The Labute approximate surface area is 99.7 Å². The van der Waals surface area contributed by atoms with Gasteiger partial charge in [0.15, 0.2) is 11.5 Å². The Hall–Kier alpha value is -2.04. The SMILES string of the molecule is CCC(=O)NCC(=O)Oc1ccccc1OC. The molecule has 1 rings (SSSR count). The first kappa shape index (κ1) is 13.0. The van der Waals surface area contributed by atoms with Crippen molar-refractivity contribution < 1.29 is 19.1 Å². The maximum absolute atomic E-state index is 11.4. The molecule has 5 nitrogen and oxygen atoms in total. The van der Waals surface area contributed by atoms with Crippen LogP contribution in [0.2, 0.25) is 0 Å². The number of hydrogen-bond donors (Lipinski definition) is 1. The van der Waals surface area contributed by atoms with Gasteiger partial charge in [0, 0.05) is 6.42 Å². The molecule has 0 aliphatic heterocycles. The summed E-state index contributed by atoms with van der Waals surface area (Å²) in [6.45, 7) is 1.56. The Kier molecular flexibility index (Phi) is 5.00. The molecule has 17 heavy (non-hydrogen) atoms. The number of para-hydroxylation sites is 2. The third-order valence-corrected chi connectivity index (χ3v) is 2.04. The molecular weight excluding hydrogens is 222 g/mol. The van der Waals surface area contributed by atoms with Crippen molar-refractivity contribution in [3.8, 4) is 11.5 Å². The van der Waals surface area contributed by atoms with Crippen LogP contribution in [0.4, 0.5) is 0 Å². The van der Waals surface area contributed by atoms with Gasteiger partial charge in [-0.05, 0) is 12.1 Å². The number of nitrogens with one attached hydrogen (secondary N) is 1. The summed E-state index contributed by atoms with van der Waals surface area (Å²) in [5.41, 5.74) is 0. The van der Waals surface area contributed by atoms with Crippen LogP contribution in [0.3, 0.4) is 0 Å². The number of benzene rings is 1. The van der Waals surface area contributed by atoms with Gasteiger partial charge in [0.1, 0.15) is 6.54 Å².